The number of nitrogens with one attached hydrogen (secondary N) is 1. The van der Waals surface area contributed by atoms with E-state index in [9.17, 15) is 0 Å². The van der Waals surface area contributed by atoms with Crippen LogP contribution in [-0.2, 0) is 6.54 Å². The highest BCUT2D eigenvalue weighted by Crippen LogP contribution is 2.17. The number of hydrogen-bond acceptors (Lipinski definition) is 4. The second kappa shape index (κ2) is 6.60. The molecular formula is C18H21N5. The smallest absolute Gasteiger partial charge is 0.153 e. The topological polar surface area (TPSA) is 55.6 Å². The van der Waals surface area contributed by atoms with Gasteiger partial charge in [-0.2, -0.15) is 4.68 Å². The fourth-order valence-corrected chi connectivity index (χ4v) is 2.44. The van der Waals surface area contributed by atoms with Gasteiger partial charge in [-0.05, 0) is 52.6 Å². The predicted molar refractivity (Wildman–Crippen MR) is 91.7 cm³/mol. The molecule has 0 spiro atoms. The summed E-state index contributed by atoms with van der Waals surface area (Å²) in [4.78, 5) is 0. The molecule has 0 bridgehead atoms. The molecule has 0 aliphatic carbocycles. The van der Waals surface area contributed by atoms with Crippen molar-refractivity contribution in [2.45, 2.75) is 33.2 Å². The Morgan fingerprint density at radius 3 is 2.52 bits per heavy atom. The van der Waals surface area contributed by atoms with Gasteiger partial charge >= 0.3 is 0 Å². The highest BCUT2D eigenvalue weighted by Gasteiger charge is 2.04. The van der Waals surface area contributed by atoms with Crippen LogP contribution in [0.3, 0.4) is 0 Å². The third-order valence-electron chi connectivity index (χ3n) is 3.86. The lowest BCUT2D eigenvalue weighted by Crippen LogP contribution is -2.03. The summed E-state index contributed by atoms with van der Waals surface area (Å²) in [5, 5.41) is 15.1. The maximum atomic E-state index is 4.00. The van der Waals surface area contributed by atoms with E-state index in [1.54, 1.807) is 4.68 Å². The Morgan fingerprint density at radius 1 is 1.09 bits per heavy atom. The van der Waals surface area contributed by atoms with Gasteiger partial charge in [0.25, 0.3) is 0 Å². The van der Waals surface area contributed by atoms with Gasteiger partial charge in [0.2, 0.25) is 0 Å². The van der Waals surface area contributed by atoms with E-state index >= 15 is 0 Å². The minimum atomic E-state index is 0.563. The summed E-state index contributed by atoms with van der Waals surface area (Å²) in [5.74, 6) is 1.33. The third kappa shape index (κ3) is 3.56. The summed E-state index contributed by atoms with van der Waals surface area (Å²) in [6.07, 6.45) is 0. The summed E-state index contributed by atoms with van der Waals surface area (Å²) in [5.41, 5.74) is 4.63. The summed E-state index contributed by atoms with van der Waals surface area (Å²) in [6.45, 7) is 7.09. The van der Waals surface area contributed by atoms with E-state index in [1.165, 1.54) is 11.1 Å². The lowest BCUT2D eigenvalue weighted by atomic mass is 10.0. The van der Waals surface area contributed by atoms with Crippen molar-refractivity contribution in [2.75, 3.05) is 5.32 Å². The average Bonchev–Trinajstić information content (AvgIpc) is 3.00. The Hall–Kier alpha value is -2.69. The van der Waals surface area contributed by atoms with Crippen LogP contribution in [0.15, 0.2) is 48.5 Å². The molecule has 5 nitrogen and oxygen atoms in total. The van der Waals surface area contributed by atoms with Gasteiger partial charge < -0.3 is 5.32 Å². The zero-order chi connectivity index (χ0) is 16.2. The number of hydrogen-bond donors (Lipinski definition) is 1. The fraction of sp³-hybridized carbons (Fsp3) is 0.278. The Labute approximate surface area is 136 Å². The summed E-state index contributed by atoms with van der Waals surface area (Å²) in [6, 6.07) is 16.8. The number of aromatic nitrogens is 4. The van der Waals surface area contributed by atoms with Crippen molar-refractivity contribution in [1.29, 1.82) is 0 Å². The van der Waals surface area contributed by atoms with Gasteiger partial charge in [-0.1, -0.05) is 44.2 Å². The van der Waals surface area contributed by atoms with Gasteiger partial charge in [0, 0.05) is 12.2 Å². The molecule has 5 heteroatoms. The Bertz CT molecular complexity index is 774. The van der Waals surface area contributed by atoms with Gasteiger partial charge in [-0.3, -0.25) is 0 Å². The predicted octanol–water partition coefficient (Wildman–Crippen LogP) is 3.71. The number of anilines is 1. The molecule has 0 unspecified atom stereocenters. The van der Waals surface area contributed by atoms with E-state index in [1.807, 2.05) is 31.2 Å². The summed E-state index contributed by atoms with van der Waals surface area (Å²) in [7, 11) is 0. The highest BCUT2D eigenvalue weighted by atomic mass is 15.5. The summed E-state index contributed by atoms with van der Waals surface area (Å²) < 4.78 is 1.72. The SMILES string of the molecule is Cc1nnnn1-c1cccc(NCc2ccc(C(C)C)cc2)c1. The van der Waals surface area contributed by atoms with Crippen LogP contribution < -0.4 is 5.32 Å². The van der Waals surface area contributed by atoms with Crippen molar-refractivity contribution in [3.05, 3.63) is 65.5 Å². The van der Waals surface area contributed by atoms with Crippen LogP contribution in [0.1, 0.15) is 36.7 Å². The van der Waals surface area contributed by atoms with E-state index in [-0.39, 0.29) is 0 Å². The van der Waals surface area contributed by atoms with Crippen LogP contribution in [0.25, 0.3) is 5.69 Å². The lowest BCUT2D eigenvalue weighted by Gasteiger charge is -2.10. The van der Waals surface area contributed by atoms with Gasteiger partial charge in [0.05, 0.1) is 5.69 Å². The Morgan fingerprint density at radius 2 is 1.87 bits per heavy atom. The van der Waals surface area contributed by atoms with Gasteiger partial charge in [0.1, 0.15) is 0 Å². The molecule has 2 aromatic carbocycles. The molecular weight excluding hydrogens is 286 g/mol. The maximum Gasteiger partial charge on any atom is 0.153 e. The fourth-order valence-electron chi connectivity index (χ4n) is 2.44. The van der Waals surface area contributed by atoms with Gasteiger partial charge in [-0.25, -0.2) is 0 Å². The lowest BCUT2D eigenvalue weighted by molar-refractivity contribution is 0.779. The number of benzene rings is 2. The van der Waals surface area contributed by atoms with E-state index in [2.05, 4.69) is 59.0 Å². The zero-order valence-corrected chi connectivity index (χ0v) is 13.7. The number of aryl methyl sites for hydroxylation is 1. The number of nitrogens with zero attached hydrogens (tertiary/aromatic N) is 4. The largest absolute Gasteiger partial charge is 0.381 e. The first-order chi connectivity index (χ1) is 11.1. The van der Waals surface area contributed by atoms with E-state index in [0.717, 1.165) is 23.7 Å². The quantitative estimate of drug-likeness (QED) is 0.781. The molecule has 0 amide bonds. The molecule has 118 valence electrons. The van der Waals surface area contributed by atoms with Crippen molar-refractivity contribution in [1.82, 2.24) is 20.2 Å². The zero-order valence-electron chi connectivity index (χ0n) is 13.7. The molecule has 0 aliphatic heterocycles. The van der Waals surface area contributed by atoms with Crippen LogP contribution in [0, 0.1) is 6.92 Å². The molecule has 0 fully saturated rings. The van der Waals surface area contributed by atoms with E-state index in [4.69, 9.17) is 0 Å². The van der Waals surface area contributed by atoms with E-state index < -0.39 is 0 Å². The molecule has 0 atom stereocenters. The Balaban J connectivity index is 1.70. The van der Waals surface area contributed by atoms with Crippen molar-refractivity contribution < 1.29 is 0 Å². The maximum absolute atomic E-state index is 4.00. The monoisotopic (exact) mass is 307 g/mol. The van der Waals surface area contributed by atoms with Crippen LogP contribution in [0.5, 0.6) is 0 Å². The molecule has 0 saturated carbocycles. The molecule has 1 aromatic heterocycles. The normalized spacial score (nSPS) is 11.0. The highest BCUT2D eigenvalue weighted by molar-refractivity contribution is 5.51. The van der Waals surface area contributed by atoms with Crippen molar-refractivity contribution in [2.24, 2.45) is 0 Å². The molecule has 1 N–H and O–H groups in total. The molecule has 0 saturated heterocycles. The number of tetrazole rings is 1. The molecule has 1 heterocycles. The van der Waals surface area contributed by atoms with Crippen LogP contribution in [-0.4, -0.2) is 20.2 Å². The Kier molecular flexibility index (Phi) is 4.37. The summed E-state index contributed by atoms with van der Waals surface area (Å²) >= 11 is 0. The number of rotatable bonds is 5. The minimum Gasteiger partial charge on any atom is -0.381 e. The molecule has 23 heavy (non-hydrogen) atoms. The van der Waals surface area contributed by atoms with E-state index in [0.29, 0.717) is 5.92 Å². The van der Waals surface area contributed by atoms with Gasteiger partial charge in [-0.15, -0.1) is 5.10 Å². The van der Waals surface area contributed by atoms with Crippen LogP contribution >= 0.6 is 0 Å². The second-order valence-corrected chi connectivity index (χ2v) is 5.94. The van der Waals surface area contributed by atoms with Crippen LogP contribution in [0.2, 0.25) is 0 Å². The van der Waals surface area contributed by atoms with Crippen LogP contribution in [0.4, 0.5) is 5.69 Å². The average molecular weight is 307 g/mol. The third-order valence-corrected chi connectivity index (χ3v) is 3.86. The van der Waals surface area contributed by atoms with Crippen molar-refractivity contribution in [3.8, 4) is 5.69 Å². The molecule has 0 aliphatic rings. The second-order valence-electron chi connectivity index (χ2n) is 5.94. The van der Waals surface area contributed by atoms with Crippen molar-refractivity contribution >= 4 is 5.69 Å². The first-order valence-corrected chi connectivity index (χ1v) is 7.81. The van der Waals surface area contributed by atoms with Crippen molar-refractivity contribution in [3.63, 3.8) is 0 Å². The first-order valence-electron chi connectivity index (χ1n) is 7.81. The first kappa shape index (κ1) is 15.2. The molecule has 0 radical (unpaired) electrons. The minimum absolute atomic E-state index is 0.563. The van der Waals surface area contributed by atoms with Gasteiger partial charge in [0.15, 0.2) is 5.82 Å². The molecule has 3 aromatic rings. The standard InChI is InChI=1S/C18H21N5/c1-13(2)16-9-7-15(8-10-16)12-19-17-5-4-6-18(11-17)23-14(3)20-21-22-23/h4-11,13,19H,12H2,1-3H3. The molecule has 3 rings (SSSR count).